The van der Waals surface area contributed by atoms with E-state index in [0.717, 1.165) is 50.4 Å². The van der Waals surface area contributed by atoms with Crippen LogP contribution in [0.2, 0.25) is 0 Å². The Bertz CT molecular complexity index is 1730. The van der Waals surface area contributed by atoms with Crippen LogP contribution < -0.4 is 9.47 Å². The molecule has 0 aromatic heterocycles. The monoisotopic (exact) mass is 688 g/mol. The van der Waals surface area contributed by atoms with Crippen molar-refractivity contribution in [2.45, 2.75) is 51.5 Å². The fraction of sp³-hybridized carbons (Fsp3) is 0.395. The summed E-state index contributed by atoms with van der Waals surface area (Å²) < 4.78 is 12.1. The van der Waals surface area contributed by atoms with Crippen LogP contribution in [0.3, 0.4) is 0 Å². The average Bonchev–Trinajstić information content (AvgIpc) is 3.16. The number of benzene rings is 4. The van der Waals surface area contributed by atoms with E-state index in [1.807, 2.05) is 91.9 Å². The molecule has 1 atom stereocenters. The standard InChI is InChI=1S/C43H52N4O4/c1-33(45-43(35-16-8-3-9-17-35)39-21-19-37(31-41(39)49)51-29-27-47-24-12-5-13-25-47)32-44-42(34-14-6-2-7-15-34)38-20-18-36(30-40(38)48)50-28-26-46-22-10-4-11-23-46/h2-3,6-9,14-21,30-31,33,48-49H,4-5,10-13,22-29,32H2,1H3/t33-/m1/s1. The van der Waals surface area contributed by atoms with Crippen molar-refractivity contribution in [3.8, 4) is 23.0 Å². The minimum atomic E-state index is -0.238. The maximum atomic E-state index is 11.2. The maximum Gasteiger partial charge on any atom is 0.128 e. The lowest BCUT2D eigenvalue weighted by atomic mass is 10.0. The predicted molar refractivity (Wildman–Crippen MR) is 206 cm³/mol. The van der Waals surface area contributed by atoms with Gasteiger partial charge in [-0.25, -0.2) is 0 Å². The van der Waals surface area contributed by atoms with E-state index in [1.165, 1.54) is 38.5 Å². The minimum Gasteiger partial charge on any atom is -0.507 e. The zero-order chi connectivity index (χ0) is 35.3. The van der Waals surface area contributed by atoms with Crippen LogP contribution in [-0.2, 0) is 0 Å². The van der Waals surface area contributed by atoms with Gasteiger partial charge in [0.2, 0.25) is 0 Å². The van der Waals surface area contributed by atoms with Gasteiger partial charge in [0.25, 0.3) is 0 Å². The van der Waals surface area contributed by atoms with Gasteiger partial charge in [-0.15, -0.1) is 0 Å². The molecule has 2 aliphatic rings. The lowest BCUT2D eigenvalue weighted by molar-refractivity contribution is 0.183. The van der Waals surface area contributed by atoms with E-state index in [-0.39, 0.29) is 17.5 Å². The molecular formula is C43H52N4O4. The Labute approximate surface area is 303 Å². The van der Waals surface area contributed by atoms with Gasteiger partial charge in [0.15, 0.2) is 0 Å². The van der Waals surface area contributed by atoms with E-state index < -0.39 is 0 Å². The smallest absolute Gasteiger partial charge is 0.128 e. The van der Waals surface area contributed by atoms with Gasteiger partial charge in [-0.05, 0) is 83.1 Å². The molecule has 4 aromatic carbocycles. The van der Waals surface area contributed by atoms with Crippen LogP contribution in [0.4, 0.5) is 0 Å². The van der Waals surface area contributed by atoms with Gasteiger partial charge in [-0.3, -0.25) is 19.8 Å². The van der Waals surface area contributed by atoms with Crippen LogP contribution in [0, 0.1) is 0 Å². The second kappa shape index (κ2) is 18.5. The number of piperidine rings is 2. The first-order valence-corrected chi connectivity index (χ1v) is 18.6. The van der Waals surface area contributed by atoms with Crippen molar-refractivity contribution in [2.75, 3.05) is 59.0 Å². The molecule has 2 aliphatic heterocycles. The molecule has 8 nitrogen and oxygen atoms in total. The van der Waals surface area contributed by atoms with E-state index in [2.05, 4.69) is 9.80 Å². The summed E-state index contributed by atoms with van der Waals surface area (Å²) in [5, 5.41) is 22.4. The molecule has 0 unspecified atom stereocenters. The Morgan fingerprint density at radius 2 is 1.06 bits per heavy atom. The van der Waals surface area contributed by atoms with Gasteiger partial charge in [-0.1, -0.05) is 73.5 Å². The number of phenols is 2. The number of hydrogen-bond acceptors (Lipinski definition) is 8. The summed E-state index contributed by atoms with van der Waals surface area (Å²) in [7, 11) is 0. The molecule has 0 aliphatic carbocycles. The zero-order valence-electron chi connectivity index (χ0n) is 29.9. The second-order valence-corrected chi connectivity index (χ2v) is 13.6. The summed E-state index contributed by atoms with van der Waals surface area (Å²) in [4.78, 5) is 15.0. The van der Waals surface area contributed by atoms with Crippen molar-refractivity contribution in [1.82, 2.24) is 9.80 Å². The quantitative estimate of drug-likeness (QED) is 0.125. The molecule has 2 saturated heterocycles. The molecule has 8 heteroatoms. The maximum absolute atomic E-state index is 11.2. The summed E-state index contributed by atoms with van der Waals surface area (Å²) in [6.45, 7) is 9.83. The van der Waals surface area contributed by atoms with E-state index in [1.54, 1.807) is 12.1 Å². The highest BCUT2D eigenvalue weighted by Gasteiger charge is 2.17. The first kappa shape index (κ1) is 36.1. The molecule has 0 bridgehead atoms. The van der Waals surface area contributed by atoms with Gasteiger partial charge in [0, 0.05) is 47.5 Å². The van der Waals surface area contributed by atoms with Gasteiger partial charge in [0.1, 0.15) is 36.2 Å². The molecular weight excluding hydrogens is 636 g/mol. The van der Waals surface area contributed by atoms with E-state index >= 15 is 0 Å². The van der Waals surface area contributed by atoms with Gasteiger partial charge >= 0.3 is 0 Å². The normalized spacial score (nSPS) is 16.9. The van der Waals surface area contributed by atoms with E-state index in [9.17, 15) is 10.2 Å². The van der Waals surface area contributed by atoms with Crippen LogP contribution in [0.1, 0.15) is 67.7 Å². The number of phenolic OH excluding ortho intramolecular Hbond substituents is 2. The van der Waals surface area contributed by atoms with Gasteiger partial charge < -0.3 is 19.7 Å². The molecule has 268 valence electrons. The second-order valence-electron chi connectivity index (χ2n) is 13.6. The zero-order valence-corrected chi connectivity index (χ0v) is 29.9. The fourth-order valence-corrected chi connectivity index (χ4v) is 6.86. The van der Waals surface area contributed by atoms with Crippen molar-refractivity contribution >= 4 is 11.4 Å². The highest BCUT2D eigenvalue weighted by molar-refractivity contribution is 6.15. The number of hydrogen-bond donors (Lipinski definition) is 2. The number of nitrogens with zero attached hydrogens (tertiary/aromatic N) is 4. The number of aliphatic imine (C=N–C) groups is 2. The van der Waals surface area contributed by atoms with Crippen molar-refractivity contribution < 1.29 is 19.7 Å². The van der Waals surface area contributed by atoms with Gasteiger partial charge in [0.05, 0.1) is 24.0 Å². The summed E-state index contributed by atoms with van der Waals surface area (Å²) in [6, 6.07) is 30.5. The van der Waals surface area contributed by atoms with E-state index in [4.69, 9.17) is 19.5 Å². The molecule has 2 heterocycles. The highest BCUT2D eigenvalue weighted by Crippen LogP contribution is 2.29. The summed E-state index contributed by atoms with van der Waals surface area (Å²) in [5.41, 5.74) is 4.45. The summed E-state index contributed by atoms with van der Waals surface area (Å²) in [6.07, 6.45) is 7.61. The Hall–Kier alpha value is -4.66. The molecule has 51 heavy (non-hydrogen) atoms. The Kier molecular flexibility index (Phi) is 13.1. The van der Waals surface area contributed by atoms with E-state index in [0.29, 0.717) is 53.8 Å². The minimum absolute atomic E-state index is 0.122. The third-order valence-corrected chi connectivity index (χ3v) is 9.66. The molecule has 0 amide bonds. The van der Waals surface area contributed by atoms with Crippen molar-refractivity contribution in [3.63, 3.8) is 0 Å². The summed E-state index contributed by atoms with van der Waals surface area (Å²) >= 11 is 0. The molecule has 0 spiro atoms. The van der Waals surface area contributed by atoms with Crippen LogP contribution in [-0.4, -0.2) is 96.5 Å². The molecule has 0 saturated carbocycles. The van der Waals surface area contributed by atoms with Crippen molar-refractivity contribution in [3.05, 3.63) is 119 Å². The molecule has 4 aromatic rings. The first-order chi connectivity index (χ1) is 25.0. The number of likely N-dealkylation sites (tertiary alicyclic amines) is 2. The van der Waals surface area contributed by atoms with Crippen LogP contribution >= 0.6 is 0 Å². The molecule has 2 N–H and O–H groups in total. The lowest BCUT2D eigenvalue weighted by Gasteiger charge is -2.26. The third-order valence-electron chi connectivity index (χ3n) is 9.66. The topological polar surface area (TPSA) is 90.1 Å². The Balaban J connectivity index is 1.19. The van der Waals surface area contributed by atoms with Gasteiger partial charge in [-0.2, -0.15) is 0 Å². The van der Waals surface area contributed by atoms with Crippen LogP contribution in [0.5, 0.6) is 23.0 Å². The molecule has 6 rings (SSSR count). The van der Waals surface area contributed by atoms with Crippen LogP contribution in [0.15, 0.2) is 107 Å². The van der Waals surface area contributed by atoms with Crippen LogP contribution in [0.25, 0.3) is 0 Å². The number of ether oxygens (including phenoxy) is 2. The Morgan fingerprint density at radius 3 is 1.53 bits per heavy atom. The summed E-state index contributed by atoms with van der Waals surface area (Å²) in [5.74, 6) is 1.53. The molecule has 0 radical (unpaired) electrons. The number of aromatic hydroxyl groups is 2. The lowest BCUT2D eigenvalue weighted by Crippen LogP contribution is -2.33. The number of rotatable bonds is 15. The average molecular weight is 689 g/mol. The fourth-order valence-electron chi connectivity index (χ4n) is 6.86. The highest BCUT2D eigenvalue weighted by atomic mass is 16.5. The van der Waals surface area contributed by atoms with Crippen molar-refractivity contribution in [2.24, 2.45) is 9.98 Å². The molecule has 2 fully saturated rings. The first-order valence-electron chi connectivity index (χ1n) is 18.6. The predicted octanol–water partition coefficient (Wildman–Crippen LogP) is 7.59. The third kappa shape index (κ3) is 10.4. The van der Waals surface area contributed by atoms with Crippen molar-refractivity contribution in [1.29, 1.82) is 0 Å². The Morgan fingerprint density at radius 1 is 0.608 bits per heavy atom. The largest absolute Gasteiger partial charge is 0.507 e. The SMILES string of the molecule is C[C@H](CN=C(c1ccccc1)c1ccc(OCCN2CCCCC2)cc1O)N=C(c1ccccc1)c1ccc(OCCN2CCCCC2)cc1O.